The molecule has 4 nitrogen and oxygen atoms in total. The maximum Gasteiger partial charge on any atom is 0.223 e. The van der Waals surface area contributed by atoms with Gasteiger partial charge in [-0.2, -0.15) is 0 Å². The summed E-state index contributed by atoms with van der Waals surface area (Å²) in [4.78, 5) is 18.9. The van der Waals surface area contributed by atoms with Crippen LogP contribution in [-0.4, -0.2) is 28.9 Å². The van der Waals surface area contributed by atoms with E-state index in [0.717, 1.165) is 12.2 Å². The third-order valence-corrected chi connectivity index (χ3v) is 3.73. The second kappa shape index (κ2) is 4.28. The van der Waals surface area contributed by atoms with Gasteiger partial charge in [0.15, 0.2) is 0 Å². The molecule has 1 aromatic rings. The fourth-order valence-electron chi connectivity index (χ4n) is 1.82. The molecule has 1 atom stereocenters. The predicted octanol–water partition coefficient (Wildman–Crippen LogP) is 0.759. The Morgan fingerprint density at radius 2 is 2.53 bits per heavy atom. The quantitative estimate of drug-likeness (QED) is 0.826. The normalized spacial score (nSPS) is 21.3. The van der Waals surface area contributed by atoms with Crippen LogP contribution in [0.3, 0.4) is 0 Å². The first kappa shape index (κ1) is 10.6. The first-order valence-electron chi connectivity index (χ1n) is 5.07. The van der Waals surface area contributed by atoms with Gasteiger partial charge < -0.3 is 10.6 Å². The number of hydrogen-bond donors (Lipinski definition) is 1. The minimum absolute atomic E-state index is 0.221. The lowest BCUT2D eigenvalue weighted by atomic mass is 10.1. The Bertz CT molecular complexity index is 363. The van der Waals surface area contributed by atoms with Crippen LogP contribution in [0.2, 0.25) is 0 Å². The van der Waals surface area contributed by atoms with Crippen LogP contribution in [0.5, 0.6) is 0 Å². The highest BCUT2D eigenvalue weighted by molar-refractivity contribution is 7.09. The topological polar surface area (TPSA) is 59.2 Å². The van der Waals surface area contributed by atoms with E-state index in [-0.39, 0.29) is 5.91 Å². The van der Waals surface area contributed by atoms with Gasteiger partial charge in [-0.1, -0.05) is 0 Å². The van der Waals surface area contributed by atoms with E-state index in [1.54, 1.807) is 11.3 Å². The molecule has 0 radical (unpaired) electrons. The van der Waals surface area contributed by atoms with Crippen molar-refractivity contribution in [2.75, 3.05) is 13.1 Å². The van der Waals surface area contributed by atoms with Gasteiger partial charge in [0.05, 0.1) is 17.7 Å². The van der Waals surface area contributed by atoms with Crippen molar-refractivity contribution < 1.29 is 4.79 Å². The minimum Gasteiger partial charge on any atom is -0.337 e. The maximum absolute atomic E-state index is 11.6. The van der Waals surface area contributed by atoms with Crippen molar-refractivity contribution in [3.05, 3.63) is 16.1 Å². The van der Waals surface area contributed by atoms with Gasteiger partial charge in [-0.25, -0.2) is 4.98 Å². The minimum atomic E-state index is 0.221. The van der Waals surface area contributed by atoms with Crippen LogP contribution in [0.1, 0.15) is 17.0 Å². The Balaban J connectivity index is 2.01. The van der Waals surface area contributed by atoms with Crippen molar-refractivity contribution in [2.24, 2.45) is 11.7 Å². The van der Waals surface area contributed by atoms with Gasteiger partial charge in [-0.3, -0.25) is 4.79 Å². The summed E-state index contributed by atoms with van der Waals surface area (Å²) in [5.41, 5.74) is 8.43. The average Bonchev–Trinajstić information content (AvgIpc) is 2.76. The lowest BCUT2D eigenvalue weighted by Gasteiger charge is -2.15. The van der Waals surface area contributed by atoms with Crippen molar-refractivity contribution in [2.45, 2.75) is 19.9 Å². The van der Waals surface area contributed by atoms with Gasteiger partial charge in [-0.15, -0.1) is 11.3 Å². The van der Waals surface area contributed by atoms with Crippen LogP contribution in [0, 0.1) is 12.8 Å². The summed E-state index contributed by atoms with van der Waals surface area (Å²) >= 11 is 1.61. The predicted molar refractivity (Wildman–Crippen MR) is 59.4 cm³/mol. The second-order valence-electron chi connectivity index (χ2n) is 3.94. The Labute approximate surface area is 93.1 Å². The number of carbonyl (C=O) groups is 1. The largest absolute Gasteiger partial charge is 0.337 e. The lowest BCUT2D eigenvalue weighted by Crippen LogP contribution is -2.25. The van der Waals surface area contributed by atoms with Crippen molar-refractivity contribution in [3.63, 3.8) is 0 Å². The van der Waals surface area contributed by atoms with Crippen molar-refractivity contribution >= 4 is 17.2 Å². The van der Waals surface area contributed by atoms with Gasteiger partial charge in [0.25, 0.3) is 0 Å². The summed E-state index contributed by atoms with van der Waals surface area (Å²) in [6, 6.07) is 0. The molecule has 1 aliphatic rings. The molecule has 1 aromatic heterocycles. The van der Waals surface area contributed by atoms with Crippen LogP contribution in [0.4, 0.5) is 0 Å². The summed E-state index contributed by atoms with van der Waals surface area (Å²) < 4.78 is 0. The number of amides is 1. The molecule has 1 unspecified atom stereocenters. The summed E-state index contributed by atoms with van der Waals surface area (Å²) in [6.07, 6.45) is 0.606. The van der Waals surface area contributed by atoms with E-state index in [0.29, 0.717) is 25.4 Å². The van der Waals surface area contributed by atoms with E-state index >= 15 is 0 Å². The SMILES string of the molecule is Cc1ncsc1CN1CC(CN)CC1=O. The van der Waals surface area contributed by atoms with Crippen LogP contribution in [-0.2, 0) is 11.3 Å². The molecule has 0 spiro atoms. The number of nitrogens with zero attached hydrogens (tertiary/aromatic N) is 2. The third-order valence-electron chi connectivity index (χ3n) is 2.81. The highest BCUT2D eigenvalue weighted by Gasteiger charge is 2.28. The molecule has 0 bridgehead atoms. The number of thiazole rings is 1. The monoisotopic (exact) mass is 225 g/mol. The van der Waals surface area contributed by atoms with E-state index in [2.05, 4.69) is 4.98 Å². The van der Waals surface area contributed by atoms with E-state index in [1.165, 1.54) is 4.88 Å². The molecule has 2 heterocycles. The zero-order valence-electron chi connectivity index (χ0n) is 8.77. The molecule has 0 aromatic carbocycles. The summed E-state index contributed by atoms with van der Waals surface area (Å²) in [7, 11) is 0. The van der Waals surface area contributed by atoms with Crippen LogP contribution in [0.25, 0.3) is 0 Å². The Morgan fingerprint density at radius 1 is 1.73 bits per heavy atom. The summed E-state index contributed by atoms with van der Waals surface area (Å²) in [6.45, 7) is 4.08. The molecule has 5 heteroatoms. The highest BCUT2D eigenvalue weighted by Crippen LogP contribution is 2.22. The van der Waals surface area contributed by atoms with Crippen LogP contribution in [0.15, 0.2) is 5.51 Å². The molecule has 0 aliphatic carbocycles. The number of likely N-dealkylation sites (tertiary alicyclic amines) is 1. The smallest absolute Gasteiger partial charge is 0.223 e. The van der Waals surface area contributed by atoms with Crippen molar-refractivity contribution in [1.82, 2.24) is 9.88 Å². The first-order chi connectivity index (χ1) is 7.20. The molecule has 1 fully saturated rings. The van der Waals surface area contributed by atoms with Gasteiger partial charge in [0.2, 0.25) is 5.91 Å². The van der Waals surface area contributed by atoms with Crippen molar-refractivity contribution in [3.8, 4) is 0 Å². The van der Waals surface area contributed by atoms with Crippen molar-refractivity contribution in [1.29, 1.82) is 0 Å². The van der Waals surface area contributed by atoms with E-state index in [9.17, 15) is 4.79 Å². The van der Waals surface area contributed by atoms with Gasteiger partial charge in [-0.05, 0) is 19.4 Å². The average molecular weight is 225 g/mol. The standard InChI is InChI=1S/C10H15N3OS/c1-7-9(15-6-12-7)5-13-4-8(3-11)2-10(13)14/h6,8H,2-5,11H2,1H3. The first-order valence-corrected chi connectivity index (χ1v) is 5.95. The van der Waals surface area contributed by atoms with Gasteiger partial charge >= 0.3 is 0 Å². The molecule has 2 N–H and O–H groups in total. The fourth-order valence-corrected chi connectivity index (χ4v) is 2.61. The van der Waals surface area contributed by atoms with Crippen LogP contribution < -0.4 is 5.73 Å². The fraction of sp³-hybridized carbons (Fsp3) is 0.600. The molecule has 1 amide bonds. The molecular weight excluding hydrogens is 210 g/mol. The number of aryl methyl sites for hydroxylation is 1. The molecule has 82 valence electrons. The number of carbonyl (C=O) groups excluding carboxylic acids is 1. The third kappa shape index (κ3) is 2.18. The molecule has 15 heavy (non-hydrogen) atoms. The van der Waals surface area contributed by atoms with E-state index < -0.39 is 0 Å². The zero-order chi connectivity index (χ0) is 10.8. The summed E-state index contributed by atoms with van der Waals surface area (Å²) in [5.74, 6) is 0.559. The molecule has 0 saturated carbocycles. The Hall–Kier alpha value is -0.940. The number of aromatic nitrogens is 1. The Kier molecular flexibility index (Phi) is 3.02. The number of nitrogens with two attached hydrogens (primary N) is 1. The van der Waals surface area contributed by atoms with E-state index in [4.69, 9.17) is 5.73 Å². The lowest BCUT2D eigenvalue weighted by molar-refractivity contribution is -0.128. The molecule has 2 rings (SSSR count). The number of hydrogen-bond acceptors (Lipinski definition) is 4. The summed E-state index contributed by atoms with van der Waals surface area (Å²) in [5, 5.41) is 0. The van der Waals surface area contributed by atoms with Gasteiger partial charge in [0.1, 0.15) is 0 Å². The molecular formula is C10H15N3OS. The maximum atomic E-state index is 11.6. The zero-order valence-corrected chi connectivity index (χ0v) is 9.59. The van der Waals surface area contributed by atoms with Gasteiger partial charge in [0, 0.05) is 17.8 Å². The second-order valence-corrected chi connectivity index (χ2v) is 4.88. The highest BCUT2D eigenvalue weighted by atomic mass is 32.1. The number of rotatable bonds is 3. The molecule has 1 saturated heterocycles. The van der Waals surface area contributed by atoms with Crippen LogP contribution >= 0.6 is 11.3 Å². The molecule has 1 aliphatic heterocycles. The Morgan fingerprint density at radius 3 is 3.07 bits per heavy atom. The van der Waals surface area contributed by atoms with E-state index in [1.807, 2.05) is 17.3 Å².